The van der Waals surface area contributed by atoms with Crippen LogP contribution in [0.2, 0.25) is 0 Å². The van der Waals surface area contributed by atoms with E-state index in [2.05, 4.69) is 26.0 Å². The molecule has 0 aliphatic heterocycles. The van der Waals surface area contributed by atoms with Crippen LogP contribution in [0.3, 0.4) is 0 Å². The van der Waals surface area contributed by atoms with Crippen LogP contribution in [0.4, 0.5) is 0 Å². The van der Waals surface area contributed by atoms with Crippen molar-refractivity contribution in [2.75, 3.05) is 66.1 Å². The highest BCUT2D eigenvalue weighted by molar-refractivity contribution is 5.74. The Balaban J connectivity index is 0.758. The maximum absolute atomic E-state index is 12.5. The van der Waals surface area contributed by atoms with Crippen molar-refractivity contribution in [2.24, 2.45) is 23.3 Å². The molecule has 304 valence electrons. The third kappa shape index (κ3) is 10.7. The lowest BCUT2D eigenvalue weighted by Gasteiger charge is -2.47. The van der Waals surface area contributed by atoms with Gasteiger partial charge in [0.25, 0.3) is 0 Å². The number of nitrogens with two attached hydrogens (primary N) is 2. The molecule has 11 nitrogen and oxygen atoms in total. The van der Waals surface area contributed by atoms with Crippen molar-refractivity contribution in [3.63, 3.8) is 0 Å². The lowest BCUT2D eigenvalue weighted by atomic mass is 9.60. The van der Waals surface area contributed by atoms with Crippen LogP contribution in [0.15, 0.2) is 36.4 Å². The smallest absolute Gasteiger partial charge is 0.337 e. The number of hydrogen-bond donors (Lipinski definition) is 2. The van der Waals surface area contributed by atoms with E-state index in [1.54, 1.807) is 0 Å². The zero-order valence-electron chi connectivity index (χ0n) is 33.2. The monoisotopic (exact) mass is 764 g/mol. The zero-order valence-corrected chi connectivity index (χ0v) is 33.2. The van der Waals surface area contributed by atoms with Crippen LogP contribution < -0.4 is 20.9 Å². The molecule has 0 unspecified atom stereocenters. The molecule has 4 bridgehead atoms. The Morgan fingerprint density at radius 3 is 1.35 bits per heavy atom. The van der Waals surface area contributed by atoms with E-state index in [-0.39, 0.29) is 49.3 Å². The second-order valence-corrected chi connectivity index (χ2v) is 16.5. The Morgan fingerprint density at radius 2 is 0.945 bits per heavy atom. The topological polar surface area (TPSA) is 151 Å². The number of ether oxygens (including phenoxy) is 7. The van der Waals surface area contributed by atoms with Crippen LogP contribution in [0, 0.1) is 11.8 Å². The van der Waals surface area contributed by atoms with Gasteiger partial charge in [0.1, 0.15) is 24.7 Å². The summed E-state index contributed by atoms with van der Waals surface area (Å²) in [5, 5.41) is 0. The first-order chi connectivity index (χ1) is 26.7. The molecule has 6 rings (SSSR count). The van der Waals surface area contributed by atoms with Crippen LogP contribution >= 0.6 is 0 Å². The lowest BCUT2D eigenvalue weighted by Crippen LogP contribution is -2.52. The van der Waals surface area contributed by atoms with Crippen molar-refractivity contribution < 1.29 is 42.7 Å². The van der Waals surface area contributed by atoms with Crippen LogP contribution in [-0.4, -0.2) is 90.1 Å². The molecule has 4 N–H and O–H groups in total. The number of fused-ring (bicyclic) bond motifs is 8. The first-order valence-electron chi connectivity index (χ1n) is 20.8. The summed E-state index contributed by atoms with van der Waals surface area (Å²) in [6, 6.07) is 12.3. The largest absolute Gasteiger partial charge is 0.425 e. The van der Waals surface area contributed by atoms with Crippen molar-refractivity contribution in [1.29, 1.82) is 0 Å². The van der Waals surface area contributed by atoms with Gasteiger partial charge < -0.3 is 44.6 Å². The van der Waals surface area contributed by atoms with Gasteiger partial charge in [-0.2, -0.15) is 0 Å². The number of rotatable bonds is 18. The molecule has 11 heteroatoms. The van der Waals surface area contributed by atoms with Gasteiger partial charge >= 0.3 is 11.9 Å². The second-order valence-electron chi connectivity index (χ2n) is 16.5. The Bertz CT molecular complexity index is 1460. The van der Waals surface area contributed by atoms with Gasteiger partial charge in [0, 0.05) is 22.9 Å². The number of benzene rings is 2. The molecule has 0 aromatic heterocycles. The Hall–Kier alpha value is -2.90. The first-order valence-corrected chi connectivity index (χ1v) is 20.8. The maximum atomic E-state index is 12.5. The summed E-state index contributed by atoms with van der Waals surface area (Å²) >= 11 is 0. The molecule has 0 heterocycles. The summed E-state index contributed by atoms with van der Waals surface area (Å²) in [4.78, 5) is 25.0. The van der Waals surface area contributed by atoms with Crippen LogP contribution in [0.1, 0.15) is 100 Å². The molecule has 2 aromatic rings. The number of carbonyl (C=O) groups excluding carboxylic acids is 2. The molecule has 4 aliphatic rings. The maximum Gasteiger partial charge on any atom is 0.337 e. The third-order valence-electron chi connectivity index (χ3n) is 12.8. The number of esters is 2. The zero-order chi connectivity index (χ0) is 38.7. The van der Waals surface area contributed by atoms with E-state index in [1.165, 1.54) is 73.6 Å². The molecule has 6 atom stereocenters. The summed E-state index contributed by atoms with van der Waals surface area (Å²) in [6.07, 6.45) is 13.8. The highest BCUT2D eigenvalue weighted by Crippen LogP contribution is 2.48. The average molecular weight is 765 g/mol. The molecular weight excluding hydrogens is 700 g/mol. The van der Waals surface area contributed by atoms with Crippen molar-refractivity contribution in [3.8, 4) is 11.5 Å². The molecular formula is C44H64N2O9. The van der Waals surface area contributed by atoms with E-state index in [4.69, 9.17) is 44.6 Å². The predicted octanol–water partition coefficient (Wildman–Crippen LogP) is 5.72. The molecule has 2 saturated carbocycles. The van der Waals surface area contributed by atoms with Gasteiger partial charge in [0.15, 0.2) is 0 Å². The minimum Gasteiger partial charge on any atom is -0.425 e. The van der Waals surface area contributed by atoms with E-state index in [0.717, 1.165) is 25.7 Å². The van der Waals surface area contributed by atoms with Crippen molar-refractivity contribution in [2.45, 2.75) is 114 Å². The minimum atomic E-state index is -0.438. The number of carbonyl (C=O) groups is 2. The molecule has 4 aliphatic carbocycles. The second kappa shape index (κ2) is 20.0. The summed E-state index contributed by atoms with van der Waals surface area (Å²) in [5.74, 6) is 1.23. The summed E-state index contributed by atoms with van der Waals surface area (Å²) < 4.78 is 38.8. The fourth-order valence-electron chi connectivity index (χ4n) is 9.60. The van der Waals surface area contributed by atoms with Crippen molar-refractivity contribution in [1.82, 2.24) is 0 Å². The molecule has 2 fully saturated rings. The normalized spacial score (nSPS) is 27.4. The van der Waals surface area contributed by atoms with E-state index < -0.39 is 11.9 Å². The average Bonchev–Trinajstić information content (AvgIpc) is 3.17. The van der Waals surface area contributed by atoms with Crippen LogP contribution in [0.5, 0.6) is 11.5 Å². The molecule has 0 radical (unpaired) electrons. The van der Waals surface area contributed by atoms with E-state index >= 15 is 0 Å². The fraction of sp³-hybridized carbons (Fsp3) is 0.682. The van der Waals surface area contributed by atoms with Gasteiger partial charge in [-0.3, -0.25) is 0 Å². The standard InChI is InChI=1S/C44H64N2O9/c1-43-15-7-3-5-9-33(41(43)45)25-31-11-13-35(27-37(31)43)54-39(47)29-52-23-21-50-19-17-49-18-20-51-22-24-53-30-40(48)55-36-14-12-32-26-34-10-6-4-8-16-44(2,42(34)46)38(32)28-36/h11-14,27-28,33-34,41-42H,3-10,15-26,29-30,45-46H2,1-2H3/t33-,34+,41-,42-,43+,44+/m0/s1. The Labute approximate surface area is 327 Å². The Morgan fingerprint density at radius 1 is 0.564 bits per heavy atom. The summed E-state index contributed by atoms with van der Waals surface area (Å²) in [7, 11) is 0. The Kier molecular flexibility index (Phi) is 15.2. The lowest BCUT2D eigenvalue weighted by molar-refractivity contribution is -0.140. The summed E-state index contributed by atoms with van der Waals surface area (Å²) in [6.45, 7) is 7.07. The first kappa shape index (κ1) is 41.7. The van der Waals surface area contributed by atoms with Gasteiger partial charge in [-0.15, -0.1) is 0 Å². The summed E-state index contributed by atoms with van der Waals surface area (Å²) in [5.41, 5.74) is 18.5. The molecule has 2 aromatic carbocycles. The van der Waals surface area contributed by atoms with E-state index in [9.17, 15) is 9.59 Å². The van der Waals surface area contributed by atoms with Crippen molar-refractivity contribution >= 4 is 11.9 Å². The SMILES string of the molecule is C[C@@]12CCCCC[C@H](Cc3ccc(OC(=O)COCCOCCOCCOCCOCC(=O)Oc4ccc5c(c4)[C@@]4(C)CCCCC[C@@H](C5)[C@@H]4N)cc31)[C@@H]2N. The van der Waals surface area contributed by atoms with Gasteiger partial charge in [0.2, 0.25) is 0 Å². The van der Waals surface area contributed by atoms with Gasteiger partial charge in [-0.25, -0.2) is 9.59 Å². The van der Waals surface area contributed by atoms with Crippen molar-refractivity contribution in [3.05, 3.63) is 58.7 Å². The van der Waals surface area contributed by atoms with Gasteiger partial charge in [-0.05, 0) is 96.9 Å². The number of hydrogen-bond acceptors (Lipinski definition) is 11. The highest BCUT2D eigenvalue weighted by Gasteiger charge is 2.45. The minimum absolute atomic E-state index is 0.100. The molecule has 0 saturated heterocycles. The van der Waals surface area contributed by atoms with Gasteiger partial charge in [0.05, 0.1) is 52.9 Å². The quantitative estimate of drug-likeness (QED) is 0.109. The third-order valence-corrected chi connectivity index (χ3v) is 12.8. The molecule has 55 heavy (non-hydrogen) atoms. The van der Waals surface area contributed by atoms with Crippen LogP contribution in [0.25, 0.3) is 0 Å². The van der Waals surface area contributed by atoms with E-state index in [1.807, 2.05) is 24.3 Å². The van der Waals surface area contributed by atoms with E-state index in [0.29, 0.717) is 63.0 Å². The molecule has 0 spiro atoms. The molecule has 0 amide bonds. The van der Waals surface area contributed by atoms with Crippen LogP contribution in [-0.2, 0) is 56.9 Å². The van der Waals surface area contributed by atoms with Gasteiger partial charge in [-0.1, -0.05) is 64.5 Å². The highest BCUT2D eigenvalue weighted by atomic mass is 16.6. The fourth-order valence-corrected chi connectivity index (χ4v) is 9.60. The predicted molar refractivity (Wildman–Crippen MR) is 209 cm³/mol.